The lowest BCUT2D eigenvalue weighted by Gasteiger charge is -2.24. The van der Waals surface area contributed by atoms with Crippen molar-refractivity contribution in [3.63, 3.8) is 0 Å². The minimum atomic E-state index is -0.339. The van der Waals surface area contributed by atoms with Crippen LogP contribution in [0.2, 0.25) is 0 Å². The Morgan fingerprint density at radius 2 is 1.90 bits per heavy atom. The fourth-order valence-electron chi connectivity index (χ4n) is 4.39. The number of methoxy groups -OCH3 is 1. The first-order valence-electron chi connectivity index (χ1n) is 10.2. The van der Waals surface area contributed by atoms with Crippen LogP contribution >= 0.6 is 0 Å². The average molecular weight is 394 g/mol. The third-order valence-electron chi connectivity index (χ3n) is 6.07. The van der Waals surface area contributed by atoms with E-state index in [0.29, 0.717) is 17.9 Å². The van der Waals surface area contributed by atoms with Gasteiger partial charge in [-0.15, -0.1) is 0 Å². The molecule has 2 aromatic carbocycles. The summed E-state index contributed by atoms with van der Waals surface area (Å²) in [4.78, 5) is 11.7. The highest BCUT2D eigenvalue weighted by atomic mass is 19.1. The van der Waals surface area contributed by atoms with E-state index in [-0.39, 0.29) is 11.8 Å². The average Bonchev–Trinajstić information content (AvgIpc) is 2.99. The molecule has 4 rings (SSSR count). The number of hydrogen-bond donors (Lipinski definition) is 1. The van der Waals surface area contributed by atoms with E-state index in [9.17, 15) is 9.18 Å². The molecule has 0 spiro atoms. The second-order valence-electron chi connectivity index (χ2n) is 7.89. The van der Waals surface area contributed by atoms with Crippen LogP contribution in [0.1, 0.15) is 40.0 Å². The van der Waals surface area contributed by atoms with Crippen molar-refractivity contribution in [2.24, 2.45) is 5.92 Å². The molecule has 1 fully saturated rings. The molecule has 0 radical (unpaired) electrons. The van der Waals surface area contributed by atoms with E-state index in [1.54, 1.807) is 24.3 Å². The molecule has 0 aliphatic carbocycles. The zero-order chi connectivity index (χ0) is 20.4. The summed E-state index contributed by atoms with van der Waals surface area (Å²) in [6.07, 6.45) is 3.04. The number of carbonyl (C=O) groups excluding carboxylic acids is 1. The molecule has 1 saturated heterocycles. The molecule has 2 heterocycles. The first-order valence-corrected chi connectivity index (χ1v) is 10.2. The third kappa shape index (κ3) is 4.06. The summed E-state index contributed by atoms with van der Waals surface area (Å²) >= 11 is 0. The van der Waals surface area contributed by atoms with Crippen LogP contribution in [0.4, 0.5) is 4.39 Å². The topological polar surface area (TPSA) is 43.3 Å². The number of aromatic nitrogens is 1. The smallest absolute Gasteiger partial charge is 0.337 e. The number of esters is 1. The molecule has 0 atom stereocenters. The number of carbonyl (C=O) groups is 1. The molecule has 0 saturated carbocycles. The highest BCUT2D eigenvalue weighted by Gasteiger charge is 2.20. The summed E-state index contributed by atoms with van der Waals surface area (Å²) in [5.41, 5.74) is 5.07. The van der Waals surface area contributed by atoms with E-state index in [0.717, 1.165) is 41.7 Å². The molecule has 0 unspecified atom stereocenters. The maximum atomic E-state index is 14.1. The van der Waals surface area contributed by atoms with Crippen molar-refractivity contribution in [2.75, 3.05) is 20.2 Å². The summed E-state index contributed by atoms with van der Waals surface area (Å²) in [6.45, 7) is 5.24. The lowest BCUT2D eigenvalue weighted by atomic mass is 9.98. The Kier molecular flexibility index (Phi) is 5.67. The zero-order valence-corrected chi connectivity index (χ0v) is 17.0. The van der Waals surface area contributed by atoms with Gasteiger partial charge in [-0.1, -0.05) is 12.1 Å². The normalized spacial score (nSPS) is 15.0. The Morgan fingerprint density at radius 1 is 1.17 bits per heavy atom. The summed E-state index contributed by atoms with van der Waals surface area (Å²) in [7, 11) is 1.38. The largest absolute Gasteiger partial charge is 0.465 e. The SMILES string of the molecule is COC(=O)c1ccc(Cc2c(C)n(CC3CCNCC3)c3ccc(F)cc23)cc1. The molecule has 1 aromatic heterocycles. The number of rotatable bonds is 5. The van der Waals surface area contributed by atoms with E-state index >= 15 is 0 Å². The van der Waals surface area contributed by atoms with E-state index in [1.165, 1.54) is 25.6 Å². The fraction of sp³-hybridized carbons (Fsp3) is 0.375. The summed E-state index contributed by atoms with van der Waals surface area (Å²) in [6, 6.07) is 12.6. The Bertz CT molecular complexity index is 1020. The molecule has 152 valence electrons. The number of halogens is 1. The van der Waals surface area contributed by atoms with Crippen LogP contribution in [-0.4, -0.2) is 30.7 Å². The molecule has 4 nitrogen and oxygen atoms in total. The van der Waals surface area contributed by atoms with Gasteiger partial charge < -0.3 is 14.6 Å². The third-order valence-corrected chi connectivity index (χ3v) is 6.07. The molecule has 1 aliphatic heterocycles. The minimum absolute atomic E-state index is 0.209. The van der Waals surface area contributed by atoms with Gasteiger partial charge in [0.05, 0.1) is 12.7 Å². The Morgan fingerprint density at radius 3 is 2.59 bits per heavy atom. The van der Waals surface area contributed by atoms with Crippen molar-refractivity contribution in [2.45, 2.75) is 32.7 Å². The lowest BCUT2D eigenvalue weighted by molar-refractivity contribution is 0.0600. The van der Waals surface area contributed by atoms with Crippen LogP contribution in [-0.2, 0) is 17.7 Å². The molecular formula is C24H27FN2O2. The van der Waals surface area contributed by atoms with Crippen LogP contribution in [0.25, 0.3) is 10.9 Å². The van der Waals surface area contributed by atoms with Gasteiger partial charge in [-0.25, -0.2) is 9.18 Å². The van der Waals surface area contributed by atoms with E-state index in [4.69, 9.17) is 4.74 Å². The second-order valence-corrected chi connectivity index (χ2v) is 7.89. The van der Waals surface area contributed by atoms with Gasteiger partial charge >= 0.3 is 5.97 Å². The van der Waals surface area contributed by atoms with E-state index in [2.05, 4.69) is 16.8 Å². The predicted molar refractivity (Wildman–Crippen MR) is 113 cm³/mol. The summed E-state index contributed by atoms with van der Waals surface area (Å²) < 4.78 is 21.2. The van der Waals surface area contributed by atoms with Gasteiger partial charge in [-0.05, 0) is 86.7 Å². The van der Waals surface area contributed by atoms with Gasteiger partial charge in [-0.2, -0.15) is 0 Å². The first kappa shape index (κ1) is 19.6. The summed E-state index contributed by atoms with van der Waals surface area (Å²) in [5, 5.41) is 4.40. The van der Waals surface area contributed by atoms with Gasteiger partial charge in [0, 0.05) is 23.1 Å². The zero-order valence-electron chi connectivity index (χ0n) is 17.0. The second kappa shape index (κ2) is 8.37. The van der Waals surface area contributed by atoms with Crippen molar-refractivity contribution in [3.8, 4) is 0 Å². The van der Waals surface area contributed by atoms with Crippen LogP contribution in [0.15, 0.2) is 42.5 Å². The van der Waals surface area contributed by atoms with Crippen LogP contribution in [0, 0.1) is 18.7 Å². The highest BCUT2D eigenvalue weighted by Crippen LogP contribution is 2.31. The predicted octanol–water partition coefficient (Wildman–Crippen LogP) is 4.47. The molecule has 5 heteroatoms. The quantitative estimate of drug-likeness (QED) is 0.650. The number of ether oxygens (including phenoxy) is 1. The van der Waals surface area contributed by atoms with E-state index in [1.807, 2.05) is 18.2 Å². The molecular weight excluding hydrogens is 367 g/mol. The van der Waals surface area contributed by atoms with Crippen LogP contribution < -0.4 is 5.32 Å². The van der Waals surface area contributed by atoms with Crippen molar-refractivity contribution in [1.82, 2.24) is 9.88 Å². The number of nitrogens with zero attached hydrogens (tertiary/aromatic N) is 1. The van der Waals surface area contributed by atoms with Crippen molar-refractivity contribution in [1.29, 1.82) is 0 Å². The molecule has 3 aromatic rings. The van der Waals surface area contributed by atoms with Gasteiger partial charge in [-0.3, -0.25) is 0 Å². The van der Waals surface area contributed by atoms with Gasteiger partial charge in [0.15, 0.2) is 0 Å². The monoisotopic (exact) mass is 394 g/mol. The standard InChI is InChI=1S/C24H27FN2O2/c1-16-21(13-17-3-5-19(6-4-17)24(28)29-2)22-14-20(25)7-8-23(22)27(16)15-18-9-11-26-12-10-18/h3-8,14,18,26H,9-13,15H2,1-2H3. The van der Waals surface area contributed by atoms with Crippen molar-refractivity contribution < 1.29 is 13.9 Å². The van der Waals surface area contributed by atoms with Crippen LogP contribution in [0.3, 0.4) is 0 Å². The maximum Gasteiger partial charge on any atom is 0.337 e. The Labute approximate surface area is 170 Å². The molecule has 1 N–H and O–H groups in total. The molecule has 29 heavy (non-hydrogen) atoms. The van der Waals surface area contributed by atoms with Gasteiger partial charge in [0.1, 0.15) is 5.82 Å². The van der Waals surface area contributed by atoms with Crippen molar-refractivity contribution >= 4 is 16.9 Å². The van der Waals surface area contributed by atoms with Crippen LogP contribution in [0.5, 0.6) is 0 Å². The number of hydrogen-bond acceptors (Lipinski definition) is 3. The van der Waals surface area contributed by atoms with Crippen molar-refractivity contribution in [3.05, 3.63) is 70.7 Å². The fourth-order valence-corrected chi connectivity index (χ4v) is 4.39. The maximum absolute atomic E-state index is 14.1. The van der Waals surface area contributed by atoms with Gasteiger partial charge in [0.2, 0.25) is 0 Å². The lowest BCUT2D eigenvalue weighted by Crippen LogP contribution is -2.30. The number of nitrogens with one attached hydrogen (secondary N) is 1. The molecule has 0 bridgehead atoms. The first-order chi connectivity index (χ1) is 14.1. The Balaban J connectivity index is 1.68. The molecule has 1 aliphatic rings. The number of piperidine rings is 1. The highest BCUT2D eigenvalue weighted by molar-refractivity contribution is 5.89. The number of fused-ring (bicyclic) bond motifs is 1. The van der Waals surface area contributed by atoms with E-state index < -0.39 is 0 Å². The number of benzene rings is 2. The molecule has 0 amide bonds. The summed E-state index contributed by atoms with van der Waals surface area (Å²) in [5.74, 6) is 0.0926. The van der Waals surface area contributed by atoms with Gasteiger partial charge in [0.25, 0.3) is 0 Å². The minimum Gasteiger partial charge on any atom is -0.465 e. The Hall–Kier alpha value is -2.66.